The lowest BCUT2D eigenvalue weighted by atomic mass is 10.1. The zero-order valence-electron chi connectivity index (χ0n) is 8.42. The first-order chi connectivity index (χ1) is 6.29. The smallest absolute Gasteiger partial charge is 0.0518 e. The second-order valence-electron chi connectivity index (χ2n) is 3.43. The number of aryl methyl sites for hydroxylation is 1. The van der Waals surface area contributed by atoms with Crippen molar-refractivity contribution in [3.63, 3.8) is 0 Å². The van der Waals surface area contributed by atoms with Gasteiger partial charge in [-0.25, -0.2) is 0 Å². The van der Waals surface area contributed by atoms with E-state index in [2.05, 4.69) is 32.0 Å². The minimum atomic E-state index is 0.351. The molecule has 0 aliphatic heterocycles. The molecule has 1 heteroatoms. The fraction of sp³-hybridized carbons (Fsp3) is 0.500. The summed E-state index contributed by atoms with van der Waals surface area (Å²) in [4.78, 5) is 0. The Hall–Kier alpha value is -0.820. The molecule has 0 amide bonds. The lowest BCUT2D eigenvalue weighted by molar-refractivity contribution is 0.0772. The Bertz CT molecular complexity index is 216. The molecule has 0 fully saturated rings. The first kappa shape index (κ1) is 10.3. The molecule has 0 heterocycles. The van der Waals surface area contributed by atoms with Gasteiger partial charge in [0.2, 0.25) is 0 Å². The zero-order valence-corrected chi connectivity index (χ0v) is 8.42. The summed E-state index contributed by atoms with van der Waals surface area (Å²) in [6.07, 6.45) is 2.55. The predicted octanol–water partition coefficient (Wildman–Crippen LogP) is 2.84. The summed E-state index contributed by atoms with van der Waals surface area (Å²) in [5.41, 5.74) is 1.37. The molecule has 0 saturated carbocycles. The third kappa shape index (κ3) is 4.69. The number of rotatable bonds is 5. The van der Waals surface area contributed by atoms with Gasteiger partial charge in [0, 0.05) is 6.61 Å². The van der Waals surface area contributed by atoms with Crippen molar-refractivity contribution in [2.45, 2.75) is 32.8 Å². The Morgan fingerprint density at radius 2 is 2.00 bits per heavy atom. The van der Waals surface area contributed by atoms with Crippen LogP contribution in [0, 0.1) is 6.07 Å². The molecule has 13 heavy (non-hydrogen) atoms. The van der Waals surface area contributed by atoms with Crippen molar-refractivity contribution < 1.29 is 4.74 Å². The predicted molar refractivity (Wildman–Crippen MR) is 54.7 cm³/mol. The Labute approximate surface area is 80.7 Å². The first-order valence-electron chi connectivity index (χ1n) is 4.85. The van der Waals surface area contributed by atoms with Crippen molar-refractivity contribution in [1.29, 1.82) is 0 Å². The van der Waals surface area contributed by atoms with E-state index in [1.165, 1.54) is 5.56 Å². The average molecular weight is 177 g/mol. The maximum absolute atomic E-state index is 5.46. The molecule has 0 aliphatic carbocycles. The lowest BCUT2D eigenvalue weighted by Gasteiger charge is -2.06. The Morgan fingerprint density at radius 3 is 2.62 bits per heavy atom. The van der Waals surface area contributed by atoms with E-state index in [4.69, 9.17) is 4.74 Å². The normalized spacial score (nSPS) is 10.7. The Kier molecular flexibility index (Phi) is 4.55. The van der Waals surface area contributed by atoms with Crippen LogP contribution in [0.1, 0.15) is 25.8 Å². The van der Waals surface area contributed by atoms with Crippen LogP contribution in [0.2, 0.25) is 0 Å². The van der Waals surface area contributed by atoms with Gasteiger partial charge < -0.3 is 4.74 Å². The second-order valence-corrected chi connectivity index (χ2v) is 3.43. The highest BCUT2D eigenvalue weighted by atomic mass is 16.5. The van der Waals surface area contributed by atoms with E-state index in [0.29, 0.717) is 6.10 Å². The third-order valence-corrected chi connectivity index (χ3v) is 1.85. The summed E-state index contributed by atoms with van der Waals surface area (Å²) in [6.45, 7) is 4.99. The van der Waals surface area contributed by atoms with Crippen LogP contribution in [0.25, 0.3) is 0 Å². The molecule has 0 unspecified atom stereocenters. The van der Waals surface area contributed by atoms with Gasteiger partial charge in [-0.3, -0.25) is 0 Å². The fourth-order valence-electron chi connectivity index (χ4n) is 1.18. The molecule has 0 bridgehead atoms. The van der Waals surface area contributed by atoms with Gasteiger partial charge in [0.25, 0.3) is 0 Å². The second kappa shape index (κ2) is 5.76. The van der Waals surface area contributed by atoms with Crippen molar-refractivity contribution in [2.24, 2.45) is 0 Å². The van der Waals surface area contributed by atoms with Crippen LogP contribution in [-0.2, 0) is 11.2 Å². The molecule has 1 radical (unpaired) electrons. The van der Waals surface area contributed by atoms with Crippen molar-refractivity contribution in [2.75, 3.05) is 6.61 Å². The van der Waals surface area contributed by atoms with Crippen LogP contribution in [0.4, 0.5) is 0 Å². The molecule has 0 N–H and O–H groups in total. The third-order valence-electron chi connectivity index (χ3n) is 1.85. The number of ether oxygens (including phenoxy) is 1. The molecule has 1 nitrogen and oxygen atoms in total. The van der Waals surface area contributed by atoms with Gasteiger partial charge in [-0.1, -0.05) is 24.3 Å². The summed E-state index contributed by atoms with van der Waals surface area (Å²) in [5.74, 6) is 0. The summed E-state index contributed by atoms with van der Waals surface area (Å²) in [6, 6.07) is 11.1. The van der Waals surface area contributed by atoms with Crippen molar-refractivity contribution in [3.8, 4) is 0 Å². The van der Waals surface area contributed by atoms with Gasteiger partial charge in [0.05, 0.1) is 6.10 Å². The highest BCUT2D eigenvalue weighted by Crippen LogP contribution is 2.02. The molecule has 0 aromatic heterocycles. The van der Waals surface area contributed by atoms with Crippen molar-refractivity contribution >= 4 is 0 Å². The SMILES string of the molecule is CC(C)OCCCc1cc[c]cc1. The van der Waals surface area contributed by atoms with E-state index in [0.717, 1.165) is 19.4 Å². The maximum atomic E-state index is 5.46. The van der Waals surface area contributed by atoms with Gasteiger partial charge in [-0.05, 0) is 38.3 Å². The molecule has 0 aliphatic rings. The van der Waals surface area contributed by atoms with Gasteiger partial charge in [0.1, 0.15) is 0 Å². The maximum Gasteiger partial charge on any atom is 0.0518 e. The monoisotopic (exact) mass is 177 g/mol. The van der Waals surface area contributed by atoms with Crippen molar-refractivity contribution in [1.82, 2.24) is 0 Å². The summed E-state index contributed by atoms with van der Waals surface area (Å²) in [5, 5.41) is 0. The standard InChI is InChI=1S/C12H17O/c1-11(2)13-10-6-9-12-7-4-3-5-8-12/h4-5,7-8,11H,6,9-10H2,1-2H3. The van der Waals surface area contributed by atoms with Gasteiger partial charge >= 0.3 is 0 Å². The van der Waals surface area contributed by atoms with E-state index in [-0.39, 0.29) is 0 Å². The van der Waals surface area contributed by atoms with Gasteiger partial charge in [-0.15, -0.1) is 0 Å². The molecular formula is C12H17O. The summed E-state index contributed by atoms with van der Waals surface area (Å²) < 4.78 is 5.46. The molecule has 0 atom stereocenters. The van der Waals surface area contributed by atoms with E-state index in [1.54, 1.807) is 0 Å². The zero-order chi connectivity index (χ0) is 9.52. The van der Waals surface area contributed by atoms with E-state index >= 15 is 0 Å². The number of benzene rings is 1. The fourth-order valence-corrected chi connectivity index (χ4v) is 1.18. The van der Waals surface area contributed by atoms with Crippen LogP contribution < -0.4 is 0 Å². The van der Waals surface area contributed by atoms with E-state index in [9.17, 15) is 0 Å². The van der Waals surface area contributed by atoms with Crippen LogP contribution in [0.15, 0.2) is 24.3 Å². The first-order valence-corrected chi connectivity index (χ1v) is 4.85. The van der Waals surface area contributed by atoms with Crippen LogP contribution in [0.5, 0.6) is 0 Å². The van der Waals surface area contributed by atoms with Crippen LogP contribution in [0.3, 0.4) is 0 Å². The van der Waals surface area contributed by atoms with Crippen LogP contribution >= 0.6 is 0 Å². The van der Waals surface area contributed by atoms with Crippen LogP contribution in [-0.4, -0.2) is 12.7 Å². The molecule has 1 rings (SSSR count). The van der Waals surface area contributed by atoms with Gasteiger partial charge in [-0.2, -0.15) is 0 Å². The van der Waals surface area contributed by atoms with E-state index in [1.807, 2.05) is 12.1 Å². The summed E-state index contributed by atoms with van der Waals surface area (Å²) in [7, 11) is 0. The molecule has 71 valence electrons. The molecular weight excluding hydrogens is 160 g/mol. The topological polar surface area (TPSA) is 9.23 Å². The van der Waals surface area contributed by atoms with Crippen molar-refractivity contribution in [3.05, 3.63) is 35.9 Å². The number of hydrogen-bond acceptors (Lipinski definition) is 1. The van der Waals surface area contributed by atoms with E-state index < -0.39 is 0 Å². The molecule has 0 spiro atoms. The highest BCUT2D eigenvalue weighted by Gasteiger charge is 1.94. The quantitative estimate of drug-likeness (QED) is 0.628. The Balaban J connectivity index is 2.13. The summed E-state index contributed by atoms with van der Waals surface area (Å²) >= 11 is 0. The lowest BCUT2D eigenvalue weighted by Crippen LogP contribution is -2.04. The largest absolute Gasteiger partial charge is 0.379 e. The Morgan fingerprint density at radius 1 is 1.31 bits per heavy atom. The average Bonchev–Trinajstić information content (AvgIpc) is 2.14. The minimum Gasteiger partial charge on any atom is -0.379 e. The number of hydrogen-bond donors (Lipinski definition) is 0. The highest BCUT2D eigenvalue weighted by molar-refractivity contribution is 5.13. The minimum absolute atomic E-state index is 0.351. The molecule has 1 aromatic rings. The molecule has 1 aromatic carbocycles. The molecule has 0 saturated heterocycles. The van der Waals surface area contributed by atoms with Gasteiger partial charge in [0.15, 0.2) is 0 Å².